The van der Waals surface area contributed by atoms with Crippen LogP contribution in [-0.2, 0) is 11.0 Å². The van der Waals surface area contributed by atoms with E-state index >= 15 is 0 Å². The lowest BCUT2D eigenvalue weighted by Crippen LogP contribution is -2.44. The molecule has 1 aromatic carbocycles. The molecule has 2 aromatic rings. The fraction of sp³-hybridized carbons (Fsp3) is 0.450. The molecule has 156 valence electrons. The number of aliphatic hydroxyl groups excluding tert-OH is 1. The Morgan fingerprint density at radius 1 is 1.28 bits per heavy atom. The molecule has 3 rings (SSSR count). The number of carbonyl (C=O) groups is 2. The summed E-state index contributed by atoms with van der Waals surface area (Å²) in [6.07, 6.45) is -3.01. The van der Waals surface area contributed by atoms with E-state index in [9.17, 15) is 27.9 Å². The number of Topliss-reactive ketones (excluding diaryl/α,β-unsaturated/α-hetero) is 1. The zero-order chi connectivity index (χ0) is 21.3. The first-order valence-electron chi connectivity index (χ1n) is 9.31. The maximum atomic E-state index is 13.0. The van der Waals surface area contributed by atoms with Gasteiger partial charge in [0.2, 0.25) is 0 Å². The molecular formula is C20H22F3N3O3. The zero-order valence-electron chi connectivity index (χ0n) is 16.2. The van der Waals surface area contributed by atoms with Gasteiger partial charge in [0.25, 0.3) is 11.7 Å². The van der Waals surface area contributed by atoms with Crippen LogP contribution in [-0.4, -0.2) is 51.2 Å². The highest BCUT2D eigenvalue weighted by atomic mass is 19.4. The van der Waals surface area contributed by atoms with E-state index in [1.165, 1.54) is 21.7 Å². The van der Waals surface area contributed by atoms with Crippen LogP contribution in [0.25, 0.3) is 5.69 Å². The summed E-state index contributed by atoms with van der Waals surface area (Å²) < 4.78 is 40.3. The monoisotopic (exact) mass is 409 g/mol. The van der Waals surface area contributed by atoms with Gasteiger partial charge in [-0.25, -0.2) is 4.68 Å². The van der Waals surface area contributed by atoms with Crippen molar-refractivity contribution in [2.24, 2.45) is 5.92 Å². The van der Waals surface area contributed by atoms with E-state index in [0.29, 0.717) is 25.2 Å². The first-order chi connectivity index (χ1) is 13.6. The topological polar surface area (TPSA) is 75.4 Å². The van der Waals surface area contributed by atoms with Gasteiger partial charge >= 0.3 is 6.18 Å². The molecule has 1 aliphatic heterocycles. The molecule has 1 N–H and O–H groups in total. The van der Waals surface area contributed by atoms with Crippen molar-refractivity contribution in [3.8, 4) is 5.69 Å². The Bertz CT molecular complexity index is 937. The lowest BCUT2D eigenvalue weighted by Gasteiger charge is -2.31. The van der Waals surface area contributed by atoms with Gasteiger partial charge in [-0.05, 0) is 50.8 Å². The molecule has 0 aliphatic carbocycles. The molecule has 0 spiro atoms. The highest BCUT2D eigenvalue weighted by Gasteiger charge is 2.33. The number of rotatable bonds is 4. The van der Waals surface area contributed by atoms with Crippen LogP contribution in [0.3, 0.4) is 0 Å². The number of benzene rings is 1. The van der Waals surface area contributed by atoms with Crippen LogP contribution in [0.15, 0.2) is 24.3 Å². The molecule has 1 aliphatic rings. The van der Waals surface area contributed by atoms with E-state index in [0.717, 1.165) is 18.6 Å². The van der Waals surface area contributed by atoms with Crippen LogP contribution in [0.5, 0.6) is 0 Å². The highest BCUT2D eigenvalue weighted by molar-refractivity contribution is 6.43. The number of nitrogens with zero attached hydrogens (tertiary/aromatic N) is 3. The second kappa shape index (κ2) is 7.98. The Morgan fingerprint density at radius 2 is 2.00 bits per heavy atom. The predicted octanol–water partition coefficient (Wildman–Crippen LogP) is 2.92. The summed E-state index contributed by atoms with van der Waals surface area (Å²) in [7, 11) is 0. The van der Waals surface area contributed by atoms with Crippen LogP contribution >= 0.6 is 0 Å². The van der Waals surface area contributed by atoms with Gasteiger partial charge < -0.3 is 10.0 Å². The number of piperidine rings is 1. The number of aromatic nitrogens is 2. The van der Waals surface area contributed by atoms with E-state index in [1.54, 1.807) is 13.8 Å². The Hall–Kier alpha value is -2.68. The van der Waals surface area contributed by atoms with Gasteiger partial charge in [-0.1, -0.05) is 6.07 Å². The number of carbonyl (C=O) groups excluding carboxylic acids is 2. The first-order valence-corrected chi connectivity index (χ1v) is 9.31. The van der Waals surface area contributed by atoms with E-state index < -0.39 is 23.4 Å². The number of likely N-dealkylation sites (tertiary alicyclic amines) is 1. The van der Waals surface area contributed by atoms with Gasteiger partial charge in [-0.15, -0.1) is 0 Å². The number of halogens is 3. The van der Waals surface area contributed by atoms with E-state index in [-0.39, 0.29) is 29.5 Å². The summed E-state index contributed by atoms with van der Waals surface area (Å²) in [6.45, 7) is 3.78. The van der Waals surface area contributed by atoms with Crippen LogP contribution in [0.4, 0.5) is 13.2 Å². The summed E-state index contributed by atoms with van der Waals surface area (Å²) in [5.41, 5.74) is 0.00325. The fourth-order valence-electron chi connectivity index (χ4n) is 3.69. The maximum Gasteiger partial charge on any atom is 0.416 e. The van der Waals surface area contributed by atoms with Crippen molar-refractivity contribution in [1.29, 1.82) is 0 Å². The number of hydrogen-bond donors (Lipinski definition) is 1. The van der Waals surface area contributed by atoms with Crippen molar-refractivity contribution < 1.29 is 27.9 Å². The van der Waals surface area contributed by atoms with E-state index in [1.807, 2.05) is 0 Å². The van der Waals surface area contributed by atoms with Crippen LogP contribution < -0.4 is 0 Å². The highest BCUT2D eigenvalue weighted by Crippen LogP contribution is 2.31. The summed E-state index contributed by atoms with van der Waals surface area (Å²) in [6, 6.07) is 4.63. The largest absolute Gasteiger partial charge is 0.416 e. The van der Waals surface area contributed by atoms with E-state index in [2.05, 4.69) is 5.10 Å². The third-order valence-electron chi connectivity index (χ3n) is 5.20. The zero-order valence-corrected chi connectivity index (χ0v) is 16.2. The summed E-state index contributed by atoms with van der Waals surface area (Å²) >= 11 is 0. The summed E-state index contributed by atoms with van der Waals surface area (Å²) in [4.78, 5) is 27.0. The van der Waals surface area contributed by atoms with Gasteiger partial charge in [0, 0.05) is 19.7 Å². The maximum absolute atomic E-state index is 13.0. The molecule has 0 bridgehead atoms. The molecule has 0 radical (unpaired) electrons. The summed E-state index contributed by atoms with van der Waals surface area (Å²) in [5, 5.41) is 13.5. The average Bonchev–Trinajstić information content (AvgIpc) is 3.00. The number of alkyl halides is 3. The van der Waals surface area contributed by atoms with Gasteiger partial charge in [0.1, 0.15) is 0 Å². The van der Waals surface area contributed by atoms with Gasteiger partial charge in [0.15, 0.2) is 0 Å². The second-order valence-corrected chi connectivity index (χ2v) is 7.28. The third kappa shape index (κ3) is 4.19. The quantitative estimate of drug-likeness (QED) is 0.622. The molecule has 9 heteroatoms. The van der Waals surface area contributed by atoms with Crippen molar-refractivity contribution in [1.82, 2.24) is 14.7 Å². The SMILES string of the molecule is Cc1nn(-c2cccc(C(F)(F)F)c2)c(C)c1C(=O)C(=O)N1CCC[C@H](CO)C1. The van der Waals surface area contributed by atoms with Crippen molar-refractivity contribution in [3.05, 3.63) is 46.8 Å². The minimum atomic E-state index is -4.50. The van der Waals surface area contributed by atoms with E-state index in [4.69, 9.17) is 0 Å². The number of aryl methyl sites for hydroxylation is 1. The molecule has 1 atom stereocenters. The molecule has 2 heterocycles. The minimum Gasteiger partial charge on any atom is -0.396 e. The second-order valence-electron chi connectivity index (χ2n) is 7.28. The third-order valence-corrected chi connectivity index (χ3v) is 5.20. The van der Waals surface area contributed by atoms with Crippen molar-refractivity contribution in [2.45, 2.75) is 32.9 Å². The molecule has 0 unspecified atom stereocenters. The number of aliphatic hydroxyl groups is 1. The predicted molar refractivity (Wildman–Crippen MR) is 98.8 cm³/mol. The normalized spacial score (nSPS) is 17.4. The van der Waals surface area contributed by atoms with Gasteiger partial charge in [0.05, 0.1) is 28.2 Å². The minimum absolute atomic E-state index is 0.0521. The standard InChI is InChI=1S/C20H22F3N3O3/c1-12-17(18(28)19(29)25-8-4-5-14(10-25)11-27)13(2)26(24-12)16-7-3-6-15(9-16)20(21,22)23/h3,6-7,9,14,27H,4-5,8,10-11H2,1-2H3/t14-/m0/s1. The Morgan fingerprint density at radius 3 is 2.66 bits per heavy atom. The first kappa shape index (κ1) is 21.0. The fourth-order valence-corrected chi connectivity index (χ4v) is 3.69. The number of hydrogen-bond acceptors (Lipinski definition) is 4. The molecule has 0 saturated carbocycles. The molecule has 1 aromatic heterocycles. The molecule has 29 heavy (non-hydrogen) atoms. The van der Waals surface area contributed by atoms with Gasteiger partial charge in [-0.2, -0.15) is 18.3 Å². The van der Waals surface area contributed by atoms with Crippen molar-refractivity contribution >= 4 is 11.7 Å². The smallest absolute Gasteiger partial charge is 0.396 e. The molecule has 1 fully saturated rings. The lowest BCUT2D eigenvalue weighted by atomic mass is 9.98. The van der Waals surface area contributed by atoms with Crippen molar-refractivity contribution in [2.75, 3.05) is 19.7 Å². The molecule has 1 saturated heterocycles. The van der Waals surface area contributed by atoms with Crippen LogP contribution in [0, 0.1) is 19.8 Å². The van der Waals surface area contributed by atoms with Crippen LogP contribution in [0.1, 0.15) is 40.2 Å². The Balaban J connectivity index is 1.92. The van der Waals surface area contributed by atoms with Crippen LogP contribution in [0.2, 0.25) is 0 Å². The lowest BCUT2D eigenvalue weighted by molar-refractivity contribution is -0.137. The van der Waals surface area contributed by atoms with Crippen molar-refractivity contribution in [3.63, 3.8) is 0 Å². The Kier molecular flexibility index (Phi) is 5.79. The molecule has 6 nitrogen and oxygen atoms in total. The Labute approximate surface area is 165 Å². The van der Waals surface area contributed by atoms with Gasteiger partial charge in [-0.3, -0.25) is 9.59 Å². The molecule has 1 amide bonds. The average molecular weight is 409 g/mol. The number of amides is 1. The number of ketones is 1. The molecular weight excluding hydrogens is 387 g/mol. The summed E-state index contributed by atoms with van der Waals surface area (Å²) in [5.74, 6) is -1.48.